The first kappa shape index (κ1) is 8.83. The summed E-state index contributed by atoms with van der Waals surface area (Å²) < 4.78 is 4.51. The summed E-state index contributed by atoms with van der Waals surface area (Å²) in [6.45, 7) is 2.00. The number of carboxylic acid groups (broad SMARTS) is 1. The largest absolute Gasteiger partial charge is 0.507 e. The molecule has 0 aromatic heterocycles. The van der Waals surface area contributed by atoms with Crippen molar-refractivity contribution in [3.63, 3.8) is 0 Å². The van der Waals surface area contributed by atoms with Gasteiger partial charge in [0.2, 0.25) is 5.91 Å². The summed E-state index contributed by atoms with van der Waals surface area (Å²) in [5.74, 6) is -0.140. The highest BCUT2D eigenvalue weighted by Crippen LogP contribution is 2.17. The summed E-state index contributed by atoms with van der Waals surface area (Å²) in [5.41, 5.74) is 0. The van der Waals surface area contributed by atoms with E-state index in [1.165, 1.54) is 11.8 Å². The number of hydrogen-bond acceptors (Lipinski definition) is 3. The summed E-state index contributed by atoms with van der Waals surface area (Å²) in [7, 11) is 0. The van der Waals surface area contributed by atoms with Crippen LogP contribution in [0.1, 0.15) is 19.8 Å². The molecule has 68 valence electrons. The number of carbonyl (C=O) groups is 2. The van der Waals surface area contributed by atoms with Crippen molar-refractivity contribution in [1.29, 1.82) is 0 Å². The third-order valence-electron chi connectivity index (χ3n) is 1.84. The van der Waals surface area contributed by atoms with Gasteiger partial charge in [0.1, 0.15) is 0 Å². The van der Waals surface area contributed by atoms with Gasteiger partial charge in [0.05, 0.1) is 0 Å². The molecule has 0 aliphatic carbocycles. The maximum Gasteiger partial charge on any atom is 0.507 e. The molecule has 1 aliphatic rings. The molecule has 1 N–H and O–H groups in total. The van der Waals surface area contributed by atoms with Gasteiger partial charge in [0.25, 0.3) is 0 Å². The molecule has 1 saturated heterocycles. The van der Waals surface area contributed by atoms with Gasteiger partial charge in [-0.1, -0.05) is 0 Å². The molecule has 1 unspecified atom stereocenters. The Balaban J connectivity index is 2.52. The van der Waals surface area contributed by atoms with Gasteiger partial charge in [0.15, 0.2) is 6.23 Å². The molecule has 0 aromatic carbocycles. The molecule has 1 aliphatic heterocycles. The van der Waals surface area contributed by atoms with Gasteiger partial charge in [-0.3, -0.25) is 4.79 Å². The fourth-order valence-corrected chi connectivity index (χ4v) is 1.34. The average molecular weight is 173 g/mol. The lowest BCUT2D eigenvalue weighted by Gasteiger charge is -2.21. The average Bonchev–Trinajstić information content (AvgIpc) is 2.33. The standard InChI is InChI=1S/C7H11NO4/c1-5(9)8-4-2-3-6(8)12-7(10)11/h6H,2-4H2,1H3,(H,10,11). The molecule has 1 fully saturated rings. The third kappa shape index (κ3) is 1.87. The Morgan fingerprint density at radius 2 is 2.25 bits per heavy atom. The maximum atomic E-state index is 10.9. The van der Waals surface area contributed by atoms with E-state index in [0.29, 0.717) is 13.0 Å². The first-order chi connectivity index (χ1) is 5.61. The molecule has 0 bridgehead atoms. The van der Waals surface area contributed by atoms with Crippen molar-refractivity contribution in [3.8, 4) is 0 Å². The van der Waals surface area contributed by atoms with Crippen molar-refractivity contribution in [2.75, 3.05) is 6.54 Å². The monoisotopic (exact) mass is 173 g/mol. The van der Waals surface area contributed by atoms with E-state index in [4.69, 9.17) is 5.11 Å². The van der Waals surface area contributed by atoms with E-state index in [-0.39, 0.29) is 5.91 Å². The van der Waals surface area contributed by atoms with Gasteiger partial charge in [-0.05, 0) is 6.42 Å². The molecule has 5 nitrogen and oxygen atoms in total. The van der Waals surface area contributed by atoms with E-state index in [0.717, 1.165) is 6.42 Å². The minimum atomic E-state index is -1.33. The van der Waals surface area contributed by atoms with Crippen LogP contribution in [0.25, 0.3) is 0 Å². The van der Waals surface area contributed by atoms with Crippen LogP contribution in [0.4, 0.5) is 4.79 Å². The predicted molar refractivity (Wildman–Crippen MR) is 39.5 cm³/mol. The third-order valence-corrected chi connectivity index (χ3v) is 1.84. The molecule has 1 atom stereocenters. The van der Waals surface area contributed by atoms with Crippen LogP contribution in [0, 0.1) is 0 Å². The van der Waals surface area contributed by atoms with Crippen molar-refractivity contribution in [3.05, 3.63) is 0 Å². The first-order valence-corrected chi connectivity index (χ1v) is 3.78. The summed E-state index contributed by atoms with van der Waals surface area (Å²) >= 11 is 0. The van der Waals surface area contributed by atoms with Gasteiger partial charge in [-0.25, -0.2) is 4.79 Å². The lowest BCUT2D eigenvalue weighted by Crippen LogP contribution is -2.36. The molecule has 0 radical (unpaired) electrons. The normalized spacial score (nSPS) is 22.4. The van der Waals surface area contributed by atoms with Gasteiger partial charge < -0.3 is 14.7 Å². The van der Waals surface area contributed by atoms with Crippen molar-refractivity contribution in [1.82, 2.24) is 4.90 Å². The Morgan fingerprint density at radius 3 is 2.75 bits per heavy atom. The second-order valence-electron chi connectivity index (χ2n) is 2.69. The van der Waals surface area contributed by atoms with Crippen LogP contribution in [-0.4, -0.2) is 34.8 Å². The van der Waals surface area contributed by atoms with E-state index in [1.54, 1.807) is 0 Å². The molecular weight excluding hydrogens is 162 g/mol. The highest BCUT2D eigenvalue weighted by atomic mass is 16.7. The lowest BCUT2D eigenvalue weighted by molar-refractivity contribution is -0.136. The minimum Gasteiger partial charge on any atom is -0.450 e. The molecular formula is C7H11NO4. The zero-order chi connectivity index (χ0) is 9.14. The summed E-state index contributed by atoms with van der Waals surface area (Å²) in [4.78, 5) is 22.5. The van der Waals surface area contributed by atoms with E-state index >= 15 is 0 Å². The second-order valence-corrected chi connectivity index (χ2v) is 2.69. The highest BCUT2D eigenvalue weighted by molar-refractivity contribution is 5.74. The predicted octanol–water partition coefficient (Wildman–Crippen LogP) is 0.649. The van der Waals surface area contributed by atoms with Crippen molar-refractivity contribution < 1.29 is 19.4 Å². The number of nitrogens with zero attached hydrogens (tertiary/aromatic N) is 1. The Labute approximate surface area is 69.9 Å². The molecule has 0 aromatic rings. The van der Waals surface area contributed by atoms with Crippen LogP contribution in [0.3, 0.4) is 0 Å². The van der Waals surface area contributed by atoms with Gasteiger partial charge in [0, 0.05) is 19.9 Å². The number of rotatable bonds is 1. The SMILES string of the molecule is CC(=O)N1CCCC1OC(=O)O. The van der Waals surface area contributed by atoms with Crippen LogP contribution in [0.2, 0.25) is 0 Å². The Bertz CT molecular complexity index is 204. The van der Waals surface area contributed by atoms with Gasteiger partial charge >= 0.3 is 6.16 Å². The van der Waals surface area contributed by atoms with Crippen LogP contribution in [0.15, 0.2) is 0 Å². The molecule has 12 heavy (non-hydrogen) atoms. The molecule has 1 heterocycles. The molecule has 0 saturated carbocycles. The Hall–Kier alpha value is -1.26. The van der Waals surface area contributed by atoms with Crippen LogP contribution < -0.4 is 0 Å². The summed E-state index contributed by atoms with van der Waals surface area (Å²) in [5, 5.41) is 8.31. The van der Waals surface area contributed by atoms with E-state index in [1.807, 2.05) is 0 Å². The number of carbonyl (C=O) groups excluding carboxylic acids is 1. The van der Waals surface area contributed by atoms with Crippen LogP contribution >= 0.6 is 0 Å². The molecule has 1 rings (SSSR count). The fourth-order valence-electron chi connectivity index (χ4n) is 1.34. The number of amides is 1. The zero-order valence-electron chi connectivity index (χ0n) is 6.82. The van der Waals surface area contributed by atoms with Crippen LogP contribution in [-0.2, 0) is 9.53 Å². The first-order valence-electron chi connectivity index (χ1n) is 3.78. The lowest BCUT2D eigenvalue weighted by atomic mass is 10.4. The molecule has 5 heteroatoms. The van der Waals surface area contributed by atoms with E-state index in [9.17, 15) is 9.59 Å². The Morgan fingerprint density at radius 1 is 1.58 bits per heavy atom. The smallest absolute Gasteiger partial charge is 0.450 e. The number of ether oxygens (including phenoxy) is 1. The van der Waals surface area contributed by atoms with Gasteiger partial charge in [-0.15, -0.1) is 0 Å². The van der Waals surface area contributed by atoms with E-state index in [2.05, 4.69) is 4.74 Å². The van der Waals surface area contributed by atoms with Crippen molar-refractivity contribution >= 4 is 12.1 Å². The second kappa shape index (κ2) is 3.42. The quantitative estimate of drug-likeness (QED) is 0.591. The van der Waals surface area contributed by atoms with E-state index < -0.39 is 12.4 Å². The summed E-state index contributed by atoms with van der Waals surface area (Å²) in [6, 6.07) is 0. The number of hydrogen-bond donors (Lipinski definition) is 1. The zero-order valence-corrected chi connectivity index (χ0v) is 6.82. The van der Waals surface area contributed by atoms with Crippen molar-refractivity contribution in [2.24, 2.45) is 0 Å². The molecule has 1 amide bonds. The van der Waals surface area contributed by atoms with Crippen LogP contribution in [0.5, 0.6) is 0 Å². The minimum absolute atomic E-state index is 0.140. The van der Waals surface area contributed by atoms with Crippen molar-refractivity contribution in [2.45, 2.75) is 26.0 Å². The number of likely N-dealkylation sites (tertiary alicyclic amines) is 1. The fraction of sp³-hybridized carbons (Fsp3) is 0.714. The topological polar surface area (TPSA) is 66.8 Å². The Kier molecular flexibility index (Phi) is 2.52. The maximum absolute atomic E-state index is 10.9. The molecule has 0 spiro atoms. The highest BCUT2D eigenvalue weighted by Gasteiger charge is 2.29. The van der Waals surface area contributed by atoms with Gasteiger partial charge in [-0.2, -0.15) is 0 Å². The summed E-state index contributed by atoms with van der Waals surface area (Å²) in [6.07, 6.45) is -0.489.